The lowest BCUT2D eigenvalue weighted by atomic mass is 9.91. The lowest BCUT2D eigenvalue weighted by Gasteiger charge is -2.25. The van der Waals surface area contributed by atoms with Crippen LogP contribution in [-0.2, 0) is 6.42 Å². The zero-order valence-corrected chi connectivity index (χ0v) is 12.3. The van der Waals surface area contributed by atoms with Gasteiger partial charge in [0.25, 0.3) is 0 Å². The molecule has 1 aliphatic carbocycles. The number of hydrogen-bond acceptors (Lipinski definition) is 2. The molecule has 3 nitrogen and oxygen atoms in total. The molecular weight excluding hydrogens is 282 g/mol. The Morgan fingerprint density at radius 1 is 1.19 bits per heavy atom. The van der Waals surface area contributed by atoms with Crippen molar-refractivity contribution in [3.05, 3.63) is 59.0 Å². The van der Waals surface area contributed by atoms with Gasteiger partial charge in [-0.15, -0.1) is 0 Å². The van der Waals surface area contributed by atoms with Crippen LogP contribution in [0, 0.1) is 0 Å². The van der Waals surface area contributed by atoms with Gasteiger partial charge in [-0.25, -0.2) is 4.98 Å². The molecule has 0 radical (unpaired) electrons. The summed E-state index contributed by atoms with van der Waals surface area (Å²) in [6.07, 6.45) is 5.14. The van der Waals surface area contributed by atoms with Crippen LogP contribution < -0.4 is 5.32 Å². The van der Waals surface area contributed by atoms with Crippen molar-refractivity contribution in [2.45, 2.75) is 25.3 Å². The van der Waals surface area contributed by atoms with E-state index in [-0.39, 0.29) is 6.04 Å². The summed E-state index contributed by atoms with van der Waals surface area (Å²) in [5, 5.41) is 5.41. The number of aryl methyl sites for hydroxylation is 1. The average Bonchev–Trinajstić information content (AvgIpc) is 2.89. The standard InChI is InChI=1S/C17H16ClN3/c18-17-15(9-4-10-19-17)20-14-8-3-6-12-11-5-1-2-7-13(11)21-16(12)14/h1-2,4-5,7,9-10,14,20-21H,3,6,8H2. The molecule has 106 valence electrons. The summed E-state index contributed by atoms with van der Waals surface area (Å²) < 4.78 is 0. The Balaban J connectivity index is 1.75. The number of para-hydroxylation sites is 1. The number of halogens is 1. The topological polar surface area (TPSA) is 40.7 Å². The van der Waals surface area contributed by atoms with Crippen molar-refractivity contribution >= 4 is 28.2 Å². The maximum atomic E-state index is 6.17. The number of nitrogens with one attached hydrogen (secondary N) is 2. The summed E-state index contributed by atoms with van der Waals surface area (Å²) in [6.45, 7) is 0. The molecule has 2 aromatic heterocycles. The minimum Gasteiger partial charge on any atom is -0.374 e. The van der Waals surface area contributed by atoms with E-state index in [2.05, 4.69) is 39.6 Å². The van der Waals surface area contributed by atoms with Crippen molar-refractivity contribution in [1.29, 1.82) is 0 Å². The molecule has 1 unspecified atom stereocenters. The third-order valence-electron chi connectivity index (χ3n) is 4.20. The Bertz CT molecular complexity index is 794. The van der Waals surface area contributed by atoms with Crippen LogP contribution in [-0.4, -0.2) is 9.97 Å². The fourth-order valence-electron chi connectivity index (χ4n) is 3.24. The van der Waals surface area contributed by atoms with Crippen molar-refractivity contribution in [1.82, 2.24) is 9.97 Å². The van der Waals surface area contributed by atoms with E-state index in [1.807, 2.05) is 12.1 Å². The van der Waals surface area contributed by atoms with E-state index in [1.165, 1.54) is 28.6 Å². The first kappa shape index (κ1) is 12.7. The number of rotatable bonds is 2. The number of pyridine rings is 1. The number of hydrogen-bond donors (Lipinski definition) is 2. The quantitative estimate of drug-likeness (QED) is 0.673. The molecule has 0 aliphatic heterocycles. The molecule has 0 saturated carbocycles. The summed E-state index contributed by atoms with van der Waals surface area (Å²) in [4.78, 5) is 7.72. The Morgan fingerprint density at radius 3 is 3.00 bits per heavy atom. The molecule has 3 aromatic rings. The van der Waals surface area contributed by atoms with Crippen molar-refractivity contribution in [2.75, 3.05) is 5.32 Å². The lowest BCUT2D eigenvalue weighted by Crippen LogP contribution is -2.17. The van der Waals surface area contributed by atoms with E-state index in [0.717, 1.165) is 18.5 Å². The second-order valence-corrected chi connectivity index (χ2v) is 5.85. The first-order chi connectivity index (χ1) is 10.3. The Hall–Kier alpha value is -2.00. The van der Waals surface area contributed by atoms with E-state index < -0.39 is 0 Å². The molecule has 4 heteroatoms. The van der Waals surface area contributed by atoms with Crippen LogP contribution in [0.4, 0.5) is 5.69 Å². The molecule has 2 heterocycles. The van der Waals surface area contributed by atoms with Gasteiger partial charge in [-0.2, -0.15) is 0 Å². The molecule has 0 fully saturated rings. The minimum absolute atomic E-state index is 0.267. The minimum atomic E-state index is 0.267. The van der Waals surface area contributed by atoms with Gasteiger partial charge < -0.3 is 10.3 Å². The van der Waals surface area contributed by atoms with E-state index in [0.29, 0.717) is 5.15 Å². The number of fused-ring (bicyclic) bond motifs is 3. The van der Waals surface area contributed by atoms with E-state index in [9.17, 15) is 0 Å². The van der Waals surface area contributed by atoms with Gasteiger partial charge in [0, 0.05) is 22.8 Å². The fourth-order valence-corrected chi connectivity index (χ4v) is 3.41. The van der Waals surface area contributed by atoms with Gasteiger partial charge in [-0.1, -0.05) is 29.8 Å². The third-order valence-corrected chi connectivity index (χ3v) is 4.50. The van der Waals surface area contributed by atoms with Gasteiger partial charge in [-0.05, 0) is 43.0 Å². The van der Waals surface area contributed by atoms with Crippen molar-refractivity contribution < 1.29 is 0 Å². The van der Waals surface area contributed by atoms with E-state index >= 15 is 0 Å². The molecular formula is C17H16ClN3. The molecule has 1 aromatic carbocycles. The SMILES string of the molecule is Clc1ncccc1NC1CCCc2c1[nH]c1ccccc21. The molecule has 0 saturated heterocycles. The molecule has 21 heavy (non-hydrogen) atoms. The summed E-state index contributed by atoms with van der Waals surface area (Å²) in [5.74, 6) is 0. The van der Waals surface area contributed by atoms with Crippen molar-refractivity contribution in [3.63, 3.8) is 0 Å². The second kappa shape index (κ2) is 5.08. The van der Waals surface area contributed by atoms with Crippen LogP contribution in [0.2, 0.25) is 5.15 Å². The average molecular weight is 298 g/mol. The van der Waals surface area contributed by atoms with Gasteiger partial charge in [0.1, 0.15) is 0 Å². The van der Waals surface area contributed by atoms with Gasteiger partial charge in [-0.3, -0.25) is 0 Å². The largest absolute Gasteiger partial charge is 0.374 e. The number of aromatic amines is 1. The lowest BCUT2D eigenvalue weighted by molar-refractivity contribution is 0.592. The summed E-state index contributed by atoms with van der Waals surface area (Å²) >= 11 is 6.17. The molecule has 4 rings (SSSR count). The van der Waals surface area contributed by atoms with Crippen LogP contribution in [0.3, 0.4) is 0 Å². The highest BCUT2D eigenvalue weighted by Crippen LogP contribution is 2.37. The number of anilines is 1. The van der Waals surface area contributed by atoms with Crippen molar-refractivity contribution in [3.8, 4) is 0 Å². The zero-order chi connectivity index (χ0) is 14.2. The number of H-pyrrole nitrogens is 1. The normalized spacial score (nSPS) is 17.7. The van der Waals surface area contributed by atoms with Crippen LogP contribution in [0.5, 0.6) is 0 Å². The van der Waals surface area contributed by atoms with Gasteiger partial charge in [0.15, 0.2) is 5.15 Å². The van der Waals surface area contributed by atoms with Gasteiger partial charge in [0.2, 0.25) is 0 Å². The van der Waals surface area contributed by atoms with Crippen LogP contribution in [0.15, 0.2) is 42.6 Å². The molecule has 1 aliphatic rings. The first-order valence-corrected chi connectivity index (χ1v) is 7.67. The van der Waals surface area contributed by atoms with Crippen LogP contribution in [0.25, 0.3) is 10.9 Å². The Kier molecular flexibility index (Phi) is 3.08. The molecule has 0 amide bonds. The summed E-state index contributed by atoms with van der Waals surface area (Å²) in [7, 11) is 0. The predicted octanol–water partition coefficient (Wildman–Crippen LogP) is 4.71. The third kappa shape index (κ3) is 2.18. The molecule has 0 spiro atoms. The number of nitrogens with zero attached hydrogens (tertiary/aromatic N) is 1. The van der Waals surface area contributed by atoms with Crippen LogP contribution in [0.1, 0.15) is 30.1 Å². The van der Waals surface area contributed by atoms with E-state index in [4.69, 9.17) is 11.6 Å². The first-order valence-electron chi connectivity index (χ1n) is 7.29. The molecule has 1 atom stereocenters. The fraction of sp³-hybridized carbons (Fsp3) is 0.235. The molecule has 0 bridgehead atoms. The Morgan fingerprint density at radius 2 is 2.10 bits per heavy atom. The highest BCUT2D eigenvalue weighted by Gasteiger charge is 2.24. The number of aromatic nitrogens is 2. The van der Waals surface area contributed by atoms with Crippen LogP contribution >= 0.6 is 11.6 Å². The highest BCUT2D eigenvalue weighted by atomic mass is 35.5. The smallest absolute Gasteiger partial charge is 0.152 e. The highest BCUT2D eigenvalue weighted by molar-refractivity contribution is 6.31. The van der Waals surface area contributed by atoms with Gasteiger partial charge >= 0.3 is 0 Å². The van der Waals surface area contributed by atoms with E-state index in [1.54, 1.807) is 6.20 Å². The second-order valence-electron chi connectivity index (χ2n) is 5.49. The molecule has 2 N–H and O–H groups in total. The van der Waals surface area contributed by atoms with Crippen molar-refractivity contribution in [2.24, 2.45) is 0 Å². The Labute approximate surface area is 128 Å². The maximum Gasteiger partial charge on any atom is 0.152 e. The monoisotopic (exact) mass is 297 g/mol. The maximum absolute atomic E-state index is 6.17. The summed E-state index contributed by atoms with van der Waals surface area (Å²) in [5.41, 5.74) is 4.85. The number of benzene rings is 1. The van der Waals surface area contributed by atoms with Gasteiger partial charge in [0.05, 0.1) is 11.7 Å². The summed E-state index contributed by atoms with van der Waals surface area (Å²) in [6, 6.07) is 12.7. The zero-order valence-electron chi connectivity index (χ0n) is 11.6. The predicted molar refractivity (Wildman–Crippen MR) is 86.8 cm³/mol.